The van der Waals surface area contributed by atoms with Gasteiger partial charge in [0.1, 0.15) is 0 Å². The zero-order chi connectivity index (χ0) is 15.2. The standard InChI is InChI=1S/C18H24N2O/c1-12-9-15-16(10-18(3,4)11-17(15)21)20(12)13(2)14-5-7-19-8-6-14/h5-9,13,17,21H,10-11H2,1-4H3. The number of aryl methyl sites for hydroxylation is 1. The predicted octanol–water partition coefficient (Wildman–Crippen LogP) is 3.81. The van der Waals surface area contributed by atoms with E-state index in [1.165, 1.54) is 17.0 Å². The molecule has 0 aliphatic heterocycles. The topological polar surface area (TPSA) is 38.0 Å². The van der Waals surface area contributed by atoms with E-state index in [2.05, 4.69) is 55.4 Å². The summed E-state index contributed by atoms with van der Waals surface area (Å²) in [6.07, 6.45) is 5.20. The molecule has 0 fully saturated rings. The molecule has 1 aliphatic carbocycles. The Morgan fingerprint density at radius 1 is 1.33 bits per heavy atom. The maximum Gasteiger partial charge on any atom is 0.0812 e. The fourth-order valence-corrected chi connectivity index (χ4v) is 3.69. The Labute approximate surface area is 126 Å². The van der Waals surface area contributed by atoms with Crippen LogP contribution in [0.4, 0.5) is 0 Å². The fourth-order valence-electron chi connectivity index (χ4n) is 3.69. The molecule has 0 aromatic carbocycles. The van der Waals surface area contributed by atoms with Gasteiger partial charge in [0.25, 0.3) is 0 Å². The summed E-state index contributed by atoms with van der Waals surface area (Å²) < 4.78 is 2.38. The average molecular weight is 284 g/mol. The number of aromatic nitrogens is 2. The highest BCUT2D eigenvalue weighted by Gasteiger charge is 2.34. The summed E-state index contributed by atoms with van der Waals surface area (Å²) in [6, 6.07) is 6.56. The zero-order valence-corrected chi connectivity index (χ0v) is 13.3. The number of hydrogen-bond donors (Lipinski definition) is 1. The van der Waals surface area contributed by atoms with E-state index in [0.29, 0.717) is 0 Å². The van der Waals surface area contributed by atoms with E-state index in [0.717, 1.165) is 18.4 Å². The molecule has 2 atom stereocenters. The molecule has 112 valence electrons. The van der Waals surface area contributed by atoms with E-state index >= 15 is 0 Å². The maximum atomic E-state index is 10.5. The molecule has 2 aromatic heterocycles. The SMILES string of the molecule is Cc1cc2c(n1C(C)c1ccncc1)CC(C)(C)CC2O. The summed E-state index contributed by atoms with van der Waals surface area (Å²) in [6.45, 7) is 8.83. The van der Waals surface area contributed by atoms with E-state index in [4.69, 9.17) is 0 Å². The van der Waals surface area contributed by atoms with Gasteiger partial charge in [0.2, 0.25) is 0 Å². The summed E-state index contributed by atoms with van der Waals surface area (Å²) in [5.41, 5.74) is 5.03. The highest BCUT2D eigenvalue weighted by molar-refractivity contribution is 5.35. The van der Waals surface area contributed by atoms with Gasteiger partial charge in [-0.05, 0) is 55.9 Å². The molecule has 0 spiro atoms. The van der Waals surface area contributed by atoms with Gasteiger partial charge in [-0.2, -0.15) is 0 Å². The lowest BCUT2D eigenvalue weighted by Crippen LogP contribution is -2.27. The van der Waals surface area contributed by atoms with Crippen molar-refractivity contribution >= 4 is 0 Å². The first-order valence-corrected chi connectivity index (χ1v) is 7.67. The second-order valence-corrected chi connectivity index (χ2v) is 7.08. The number of nitrogens with zero attached hydrogens (tertiary/aromatic N) is 2. The van der Waals surface area contributed by atoms with Gasteiger partial charge < -0.3 is 9.67 Å². The molecule has 0 saturated heterocycles. The van der Waals surface area contributed by atoms with Gasteiger partial charge in [-0.25, -0.2) is 0 Å². The smallest absolute Gasteiger partial charge is 0.0812 e. The first-order valence-electron chi connectivity index (χ1n) is 7.67. The van der Waals surface area contributed by atoms with E-state index in [9.17, 15) is 5.11 Å². The number of pyridine rings is 1. The number of hydrogen-bond acceptors (Lipinski definition) is 2. The lowest BCUT2D eigenvalue weighted by atomic mass is 9.75. The molecular weight excluding hydrogens is 260 g/mol. The molecule has 2 heterocycles. The number of aliphatic hydroxyl groups is 1. The van der Waals surface area contributed by atoms with Crippen LogP contribution in [0.15, 0.2) is 30.6 Å². The van der Waals surface area contributed by atoms with Crippen molar-refractivity contribution in [3.8, 4) is 0 Å². The van der Waals surface area contributed by atoms with Crippen LogP contribution in [-0.2, 0) is 6.42 Å². The first-order chi connectivity index (χ1) is 9.89. The third-order valence-corrected chi connectivity index (χ3v) is 4.70. The molecule has 2 aromatic rings. The van der Waals surface area contributed by atoms with Crippen molar-refractivity contribution in [2.45, 2.75) is 52.7 Å². The molecule has 3 rings (SSSR count). The van der Waals surface area contributed by atoms with Crippen LogP contribution in [0.5, 0.6) is 0 Å². The Kier molecular flexibility index (Phi) is 3.40. The molecule has 0 saturated carbocycles. The molecule has 3 heteroatoms. The molecule has 2 unspecified atom stereocenters. The molecular formula is C18H24N2O. The van der Waals surface area contributed by atoms with Crippen molar-refractivity contribution in [3.05, 3.63) is 53.1 Å². The number of rotatable bonds is 2. The predicted molar refractivity (Wildman–Crippen MR) is 84.3 cm³/mol. The second kappa shape index (κ2) is 4.99. The highest BCUT2D eigenvalue weighted by Crippen LogP contribution is 2.43. The van der Waals surface area contributed by atoms with Crippen LogP contribution < -0.4 is 0 Å². The first kappa shape index (κ1) is 14.3. The minimum Gasteiger partial charge on any atom is -0.388 e. The van der Waals surface area contributed by atoms with Crippen LogP contribution in [0.3, 0.4) is 0 Å². The van der Waals surface area contributed by atoms with Crippen LogP contribution in [-0.4, -0.2) is 14.7 Å². The fraction of sp³-hybridized carbons (Fsp3) is 0.500. The van der Waals surface area contributed by atoms with Crippen LogP contribution >= 0.6 is 0 Å². The van der Waals surface area contributed by atoms with Gasteiger partial charge in [-0.1, -0.05) is 13.8 Å². The Morgan fingerprint density at radius 3 is 2.67 bits per heavy atom. The molecule has 1 N–H and O–H groups in total. The van der Waals surface area contributed by atoms with Gasteiger partial charge in [-0.15, -0.1) is 0 Å². The lowest BCUT2D eigenvalue weighted by molar-refractivity contribution is 0.0977. The van der Waals surface area contributed by atoms with Crippen molar-refractivity contribution in [2.75, 3.05) is 0 Å². The molecule has 3 nitrogen and oxygen atoms in total. The van der Waals surface area contributed by atoms with E-state index < -0.39 is 0 Å². The van der Waals surface area contributed by atoms with Gasteiger partial charge in [0.05, 0.1) is 12.1 Å². The molecule has 0 radical (unpaired) electrons. The van der Waals surface area contributed by atoms with Crippen molar-refractivity contribution in [1.82, 2.24) is 9.55 Å². The Bertz CT molecular complexity index is 643. The largest absolute Gasteiger partial charge is 0.388 e. The Morgan fingerprint density at radius 2 is 2.00 bits per heavy atom. The number of fused-ring (bicyclic) bond motifs is 1. The van der Waals surface area contributed by atoms with Crippen molar-refractivity contribution in [2.24, 2.45) is 5.41 Å². The summed E-state index contributed by atoms with van der Waals surface area (Å²) in [5, 5.41) is 10.5. The third-order valence-electron chi connectivity index (χ3n) is 4.70. The van der Waals surface area contributed by atoms with Crippen LogP contribution in [0.25, 0.3) is 0 Å². The van der Waals surface area contributed by atoms with E-state index in [-0.39, 0.29) is 17.6 Å². The number of aliphatic hydroxyl groups excluding tert-OH is 1. The normalized spacial score (nSPS) is 21.9. The van der Waals surface area contributed by atoms with Gasteiger partial charge >= 0.3 is 0 Å². The van der Waals surface area contributed by atoms with Crippen LogP contribution in [0.1, 0.15) is 61.9 Å². The molecule has 0 bridgehead atoms. The minimum absolute atomic E-state index is 0.146. The van der Waals surface area contributed by atoms with Crippen LogP contribution in [0.2, 0.25) is 0 Å². The van der Waals surface area contributed by atoms with E-state index in [1.54, 1.807) is 0 Å². The van der Waals surface area contributed by atoms with Crippen LogP contribution in [0, 0.1) is 12.3 Å². The summed E-state index contributed by atoms with van der Waals surface area (Å²) in [7, 11) is 0. The summed E-state index contributed by atoms with van der Waals surface area (Å²) in [4.78, 5) is 4.10. The van der Waals surface area contributed by atoms with Gasteiger partial charge in [0.15, 0.2) is 0 Å². The summed E-state index contributed by atoms with van der Waals surface area (Å²) >= 11 is 0. The third kappa shape index (κ3) is 2.51. The maximum absolute atomic E-state index is 10.5. The minimum atomic E-state index is -0.339. The lowest BCUT2D eigenvalue weighted by Gasteiger charge is -2.35. The second-order valence-electron chi connectivity index (χ2n) is 7.08. The quantitative estimate of drug-likeness (QED) is 0.910. The van der Waals surface area contributed by atoms with Crippen molar-refractivity contribution in [1.29, 1.82) is 0 Å². The van der Waals surface area contributed by atoms with Gasteiger partial charge in [-0.3, -0.25) is 4.98 Å². The zero-order valence-electron chi connectivity index (χ0n) is 13.3. The Hall–Kier alpha value is -1.61. The molecule has 0 amide bonds. The van der Waals surface area contributed by atoms with E-state index in [1.807, 2.05) is 12.4 Å². The highest BCUT2D eigenvalue weighted by atomic mass is 16.3. The van der Waals surface area contributed by atoms with Gasteiger partial charge in [0, 0.05) is 29.3 Å². The molecule has 21 heavy (non-hydrogen) atoms. The Balaban J connectivity index is 2.08. The monoisotopic (exact) mass is 284 g/mol. The van der Waals surface area contributed by atoms with Crippen molar-refractivity contribution < 1.29 is 5.11 Å². The summed E-state index contributed by atoms with van der Waals surface area (Å²) in [5.74, 6) is 0. The molecule has 1 aliphatic rings. The van der Waals surface area contributed by atoms with Crippen molar-refractivity contribution in [3.63, 3.8) is 0 Å². The average Bonchev–Trinajstić information content (AvgIpc) is 2.74.